The quantitative estimate of drug-likeness (QED) is 0.398. The number of aromatic amines is 2. The molecule has 0 saturated heterocycles. The molecule has 0 saturated carbocycles. The van der Waals surface area contributed by atoms with Crippen molar-refractivity contribution in [2.24, 2.45) is 0 Å². The van der Waals surface area contributed by atoms with E-state index < -0.39 is 11.2 Å². The molecular weight excluding hydrogens is 394 g/mol. The number of aromatic nitrogens is 3. The lowest BCUT2D eigenvalue weighted by atomic mass is 10.0. The number of rotatable bonds is 2. The van der Waals surface area contributed by atoms with Crippen molar-refractivity contribution in [2.75, 3.05) is 0 Å². The van der Waals surface area contributed by atoms with E-state index in [1.165, 1.54) is 6.07 Å². The second kappa shape index (κ2) is 6.02. The maximum absolute atomic E-state index is 12.9. The highest BCUT2D eigenvalue weighted by Crippen LogP contribution is 2.40. The minimum atomic E-state index is -0.529. The normalized spacial score (nSPS) is 12.0. The Balaban J connectivity index is 2.07. The number of phenolic OH excluding ortho intramolecular Hbond substituents is 1. The first kappa shape index (κ1) is 17.6. The van der Waals surface area contributed by atoms with E-state index in [4.69, 9.17) is 16.0 Å². The molecule has 0 bridgehead atoms. The summed E-state index contributed by atoms with van der Waals surface area (Å²) in [5, 5.41) is 14.6. The third kappa shape index (κ3) is 2.44. The van der Waals surface area contributed by atoms with Crippen molar-refractivity contribution in [2.45, 2.75) is 19.9 Å². The Morgan fingerprint density at radius 2 is 1.79 bits per heavy atom. The molecule has 29 heavy (non-hydrogen) atoms. The number of benzene rings is 2. The van der Waals surface area contributed by atoms with Gasteiger partial charge in [-0.05, 0) is 43.7 Å². The van der Waals surface area contributed by atoms with Crippen molar-refractivity contribution in [1.82, 2.24) is 14.8 Å². The number of H-pyrrole nitrogens is 2. The number of hydrogen-bond donors (Lipinski definition) is 3. The highest BCUT2D eigenvalue weighted by molar-refractivity contribution is 6.30. The van der Waals surface area contributed by atoms with Gasteiger partial charge in [0.1, 0.15) is 5.65 Å². The van der Waals surface area contributed by atoms with Crippen LogP contribution < -0.4 is 11.0 Å². The third-order valence-electron chi connectivity index (χ3n) is 5.09. The van der Waals surface area contributed by atoms with Gasteiger partial charge in [0.2, 0.25) is 11.2 Å². The van der Waals surface area contributed by atoms with Gasteiger partial charge in [0.15, 0.2) is 11.2 Å². The predicted octanol–water partition coefficient (Wildman–Crippen LogP) is 4.52. The molecule has 0 radical (unpaired) electrons. The topological polar surface area (TPSA) is 104 Å². The molecule has 3 heterocycles. The summed E-state index contributed by atoms with van der Waals surface area (Å²) in [7, 11) is 0. The second-order valence-electron chi connectivity index (χ2n) is 7.23. The first-order valence-corrected chi connectivity index (χ1v) is 9.45. The molecule has 5 aromatic rings. The predicted molar refractivity (Wildman–Crippen MR) is 113 cm³/mol. The first-order valence-electron chi connectivity index (χ1n) is 9.07. The van der Waals surface area contributed by atoms with Gasteiger partial charge in [-0.1, -0.05) is 23.7 Å². The molecule has 3 N–H and O–H groups in total. The summed E-state index contributed by atoms with van der Waals surface area (Å²) in [4.78, 5) is 28.0. The second-order valence-corrected chi connectivity index (χ2v) is 7.67. The maximum Gasteiger partial charge on any atom is 0.274 e. The van der Waals surface area contributed by atoms with Crippen LogP contribution in [-0.4, -0.2) is 19.9 Å². The van der Waals surface area contributed by atoms with Gasteiger partial charge in [0, 0.05) is 22.0 Å². The SMILES string of the molecule is CC(C)n1[nH]c(=O)c2c(-c3ccc(Cl)cc3)c3oc4c(O)c(=O)ccc4c3[nH]c21. The van der Waals surface area contributed by atoms with E-state index in [9.17, 15) is 14.7 Å². The fourth-order valence-corrected chi connectivity index (χ4v) is 3.87. The van der Waals surface area contributed by atoms with Gasteiger partial charge >= 0.3 is 0 Å². The van der Waals surface area contributed by atoms with Crippen LogP contribution in [0.4, 0.5) is 0 Å². The Bertz CT molecular complexity index is 1530. The van der Waals surface area contributed by atoms with E-state index >= 15 is 0 Å². The molecule has 146 valence electrons. The maximum atomic E-state index is 12.9. The molecule has 8 heteroatoms. The lowest BCUT2D eigenvalue weighted by Gasteiger charge is -2.10. The van der Waals surface area contributed by atoms with Crippen LogP contribution in [-0.2, 0) is 0 Å². The summed E-state index contributed by atoms with van der Waals surface area (Å²) in [5.74, 6) is -0.459. The molecule has 0 amide bonds. The fourth-order valence-electron chi connectivity index (χ4n) is 3.74. The van der Waals surface area contributed by atoms with Crippen LogP contribution in [0.3, 0.4) is 0 Å². The van der Waals surface area contributed by atoms with E-state index in [1.807, 2.05) is 13.8 Å². The van der Waals surface area contributed by atoms with E-state index in [1.54, 1.807) is 35.0 Å². The number of furan rings is 1. The lowest BCUT2D eigenvalue weighted by Crippen LogP contribution is -2.07. The van der Waals surface area contributed by atoms with Crippen LogP contribution in [0.1, 0.15) is 19.9 Å². The minimum absolute atomic E-state index is 0.00761. The van der Waals surface area contributed by atoms with Gasteiger partial charge in [0.25, 0.3) is 5.56 Å². The number of phenols is 1. The number of aromatic hydroxyl groups is 1. The van der Waals surface area contributed by atoms with Gasteiger partial charge in [0.05, 0.1) is 10.9 Å². The molecule has 0 unspecified atom stereocenters. The highest BCUT2D eigenvalue weighted by atomic mass is 35.5. The van der Waals surface area contributed by atoms with Crippen LogP contribution in [0.25, 0.3) is 44.2 Å². The van der Waals surface area contributed by atoms with Crippen molar-refractivity contribution in [3.05, 3.63) is 62.0 Å². The number of halogens is 1. The van der Waals surface area contributed by atoms with Crippen LogP contribution in [0.15, 0.2) is 50.4 Å². The highest BCUT2D eigenvalue weighted by Gasteiger charge is 2.23. The van der Waals surface area contributed by atoms with Gasteiger partial charge in [-0.25, -0.2) is 0 Å². The van der Waals surface area contributed by atoms with Crippen LogP contribution in [0.2, 0.25) is 5.02 Å². The number of nitrogens with one attached hydrogen (secondary N) is 2. The molecule has 0 atom stereocenters. The van der Waals surface area contributed by atoms with Crippen LogP contribution in [0, 0.1) is 0 Å². The Kier molecular flexibility index (Phi) is 3.66. The fraction of sp³-hybridized carbons (Fsp3) is 0.143. The zero-order chi connectivity index (χ0) is 20.4. The van der Waals surface area contributed by atoms with E-state index in [0.717, 1.165) is 5.56 Å². The monoisotopic (exact) mass is 409 g/mol. The van der Waals surface area contributed by atoms with Gasteiger partial charge in [-0.15, -0.1) is 0 Å². The summed E-state index contributed by atoms with van der Waals surface area (Å²) in [5.41, 5.74) is 2.13. The molecule has 0 aliphatic carbocycles. The number of pyridine rings is 1. The molecule has 7 nitrogen and oxygen atoms in total. The standard InChI is InChI=1S/C21H16ClN3O4/c1-9(2)25-20-15(21(28)24-25)14(10-3-5-11(22)6-4-10)19-16(23-20)12-7-8-13(26)17(27)18(12)29-19/h3-9,23,27H,1-2H3,(H,24,28). The average molecular weight is 410 g/mol. The van der Waals surface area contributed by atoms with Crippen LogP contribution >= 0.6 is 11.6 Å². The Morgan fingerprint density at radius 1 is 1.07 bits per heavy atom. The number of hydrogen-bond acceptors (Lipinski definition) is 4. The van der Waals surface area contributed by atoms with Gasteiger partial charge < -0.3 is 14.5 Å². The zero-order valence-electron chi connectivity index (χ0n) is 15.5. The van der Waals surface area contributed by atoms with E-state index in [-0.39, 0.29) is 17.2 Å². The van der Waals surface area contributed by atoms with Crippen molar-refractivity contribution in [3.8, 4) is 16.9 Å². The van der Waals surface area contributed by atoms with E-state index in [0.29, 0.717) is 38.1 Å². The summed E-state index contributed by atoms with van der Waals surface area (Å²) in [6.07, 6.45) is 0. The Labute approximate surface area is 168 Å². The summed E-state index contributed by atoms with van der Waals surface area (Å²) >= 11 is 6.05. The summed E-state index contributed by atoms with van der Waals surface area (Å²) in [6, 6.07) is 9.94. The van der Waals surface area contributed by atoms with Crippen molar-refractivity contribution < 1.29 is 9.52 Å². The van der Waals surface area contributed by atoms with Crippen molar-refractivity contribution in [1.29, 1.82) is 0 Å². The van der Waals surface area contributed by atoms with Gasteiger partial charge in [-0.3, -0.25) is 19.4 Å². The molecule has 0 aliphatic heterocycles. The molecular formula is C21H16ClN3O4. The molecule has 0 spiro atoms. The average Bonchev–Trinajstić information content (AvgIpc) is 3.22. The third-order valence-corrected chi connectivity index (χ3v) is 5.34. The number of fused-ring (bicyclic) bond motifs is 4. The Morgan fingerprint density at radius 3 is 2.48 bits per heavy atom. The molecule has 0 aliphatic rings. The van der Waals surface area contributed by atoms with Crippen molar-refractivity contribution in [3.63, 3.8) is 0 Å². The molecule has 3 aromatic heterocycles. The molecule has 2 aromatic carbocycles. The Hall–Kier alpha value is -3.45. The molecule has 5 rings (SSSR count). The van der Waals surface area contributed by atoms with Crippen LogP contribution in [0.5, 0.6) is 5.75 Å². The minimum Gasteiger partial charge on any atom is -0.502 e. The van der Waals surface area contributed by atoms with Crippen molar-refractivity contribution >= 4 is 44.7 Å². The smallest absolute Gasteiger partial charge is 0.274 e. The van der Waals surface area contributed by atoms with Gasteiger partial charge in [-0.2, -0.15) is 0 Å². The lowest BCUT2D eigenvalue weighted by molar-refractivity contribution is 0.464. The zero-order valence-corrected chi connectivity index (χ0v) is 16.3. The molecule has 0 fully saturated rings. The summed E-state index contributed by atoms with van der Waals surface area (Å²) < 4.78 is 7.68. The number of nitrogens with zero attached hydrogens (tertiary/aromatic N) is 1. The van der Waals surface area contributed by atoms with E-state index in [2.05, 4.69) is 10.1 Å². The largest absolute Gasteiger partial charge is 0.502 e. The summed E-state index contributed by atoms with van der Waals surface area (Å²) in [6.45, 7) is 3.91. The first-order chi connectivity index (χ1) is 13.9.